The van der Waals surface area contributed by atoms with E-state index in [2.05, 4.69) is 11.9 Å². The zero-order valence-corrected chi connectivity index (χ0v) is 9.48. The maximum Gasteiger partial charge on any atom is 0.141 e. The highest BCUT2D eigenvalue weighted by molar-refractivity contribution is 7.99. The molecule has 0 amide bonds. The number of thioether (sulfide) groups is 1. The van der Waals surface area contributed by atoms with Crippen LogP contribution in [-0.2, 0) is 0 Å². The Morgan fingerprint density at radius 3 is 3.07 bits per heavy atom. The first-order valence-electron chi connectivity index (χ1n) is 4.32. The summed E-state index contributed by atoms with van der Waals surface area (Å²) in [7, 11) is 0. The molecule has 1 aromatic heterocycles. The van der Waals surface area contributed by atoms with Gasteiger partial charge >= 0.3 is 0 Å². The highest BCUT2D eigenvalue weighted by Gasteiger charge is 2.02. The van der Waals surface area contributed by atoms with Crippen LogP contribution in [0.2, 0.25) is 0 Å². The molecule has 1 aromatic rings. The monoisotopic (exact) mass is 226 g/mol. The Morgan fingerprint density at radius 1 is 1.64 bits per heavy atom. The molecule has 0 fully saturated rings. The summed E-state index contributed by atoms with van der Waals surface area (Å²) in [6.07, 6.45) is 0. The molecular weight excluding hydrogens is 216 g/mol. The van der Waals surface area contributed by atoms with Crippen LogP contribution >= 0.6 is 23.4 Å². The average Bonchev–Trinajstić information content (AvgIpc) is 2.26. The minimum absolute atomic E-state index is 0.466. The first kappa shape index (κ1) is 11.4. The van der Waals surface area contributed by atoms with Gasteiger partial charge in [0.05, 0.1) is 5.03 Å². The van der Waals surface area contributed by atoms with Gasteiger partial charge in [0, 0.05) is 11.6 Å². The van der Waals surface area contributed by atoms with Gasteiger partial charge in [0.1, 0.15) is 11.8 Å². The summed E-state index contributed by atoms with van der Waals surface area (Å²) in [5.74, 6) is 2.06. The molecule has 0 aromatic carbocycles. The predicted molar refractivity (Wildman–Crippen MR) is 59.6 cm³/mol. The minimum atomic E-state index is 0.466. The van der Waals surface area contributed by atoms with Gasteiger partial charge in [0.15, 0.2) is 0 Å². The number of hydrogen-bond donors (Lipinski definition) is 0. The number of aromatic nitrogens is 1. The highest BCUT2D eigenvalue weighted by Crippen LogP contribution is 2.19. The topological polar surface area (TPSA) is 36.7 Å². The number of nitriles is 1. The molecule has 14 heavy (non-hydrogen) atoms. The third-order valence-corrected chi connectivity index (χ3v) is 3.40. The summed E-state index contributed by atoms with van der Waals surface area (Å²) < 4.78 is 0. The molecule has 1 unspecified atom stereocenters. The molecule has 1 rings (SSSR count). The first-order chi connectivity index (χ1) is 6.76. The second-order valence-electron chi connectivity index (χ2n) is 3.04. The fourth-order valence-corrected chi connectivity index (χ4v) is 1.98. The van der Waals surface area contributed by atoms with E-state index in [1.165, 1.54) is 0 Å². The fraction of sp³-hybridized carbons (Fsp3) is 0.400. The van der Waals surface area contributed by atoms with Crippen molar-refractivity contribution in [3.05, 3.63) is 23.9 Å². The zero-order valence-electron chi connectivity index (χ0n) is 7.90. The number of alkyl halides is 1. The maximum absolute atomic E-state index is 8.64. The number of nitrogens with zero attached hydrogens (tertiary/aromatic N) is 2. The molecule has 0 aliphatic heterocycles. The predicted octanol–water partition coefficient (Wildman–Crippen LogP) is 2.92. The molecular formula is C10H11ClN2S. The largest absolute Gasteiger partial charge is 0.231 e. The molecule has 0 N–H and O–H groups in total. The van der Waals surface area contributed by atoms with Gasteiger partial charge in [0.2, 0.25) is 0 Å². The molecule has 0 saturated heterocycles. The summed E-state index contributed by atoms with van der Waals surface area (Å²) in [4.78, 5) is 4.16. The molecule has 2 nitrogen and oxygen atoms in total. The van der Waals surface area contributed by atoms with Crippen LogP contribution in [-0.4, -0.2) is 16.6 Å². The van der Waals surface area contributed by atoms with Gasteiger partial charge in [-0.2, -0.15) is 5.26 Å². The third-order valence-electron chi connectivity index (χ3n) is 1.62. The van der Waals surface area contributed by atoms with Crippen LogP contribution in [0.1, 0.15) is 12.6 Å². The number of pyridine rings is 1. The van der Waals surface area contributed by atoms with Crippen molar-refractivity contribution in [2.75, 3.05) is 11.6 Å². The van der Waals surface area contributed by atoms with Crippen molar-refractivity contribution in [2.24, 2.45) is 5.92 Å². The van der Waals surface area contributed by atoms with E-state index in [-0.39, 0.29) is 0 Å². The lowest BCUT2D eigenvalue weighted by Crippen LogP contribution is -1.99. The van der Waals surface area contributed by atoms with E-state index in [9.17, 15) is 0 Å². The molecule has 0 radical (unpaired) electrons. The Kier molecular flexibility index (Phi) is 4.78. The summed E-state index contributed by atoms with van der Waals surface area (Å²) in [6, 6.07) is 7.48. The zero-order chi connectivity index (χ0) is 10.4. The second kappa shape index (κ2) is 5.90. The van der Waals surface area contributed by atoms with Crippen LogP contribution in [0.25, 0.3) is 0 Å². The molecule has 0 aliphatic carbocycles. The van der Waals surface area contributed by atoms with E-state index in [1.807, 2.05) is 18.2 Å². The summed E-state index contributed by atoms with van der Waals surface area (Å²) in [5.41, 5.74) is 0.466. The molecule has 74 valence electrons. The summed E-state index contributed by atoms with van der Waals surface area (Å²) in [6.45, 7) is 2.09. The first-order valence-corrected chi connectivity index (χ1v) is 5.84. The Balaban J connectivity index is 2.55. The van der Waals surface area contributed by atoms with E-state index in [0.717, 1.165) is 10.8 Å². The van der Waals surface area contributed by atoms with Crippen LogP contribution in [0.4, 0.5) is 0 Å². The van der Waals surface area contributed by atoms with Crippen molar-refractivity contribution in [1.29, 1.82) is 5.26 Å². The Morgan fingerprint density at radius 2 is 2.43 bits per heavy atom. The van der Waals surface area contributed by atoms with Crippen molar-refractivity contribution < 1.29 is 0 Å². The maximum atomic E-state index is 8.64. The molecule has 0 bridgehead atoms. The lowest BCUT2D eigenvalue weighted by Gasteiger charge is -2.05. The molecule has 1 atom stereocenters. The summed E-state index contributed by atoms with van der Waals surface area (Å²) in [5, 5.41) is 9.53. The van der Waals surface area contributed by atoms with Gasteiger partial charge in [-0.1, -0.05) is 13.0 Å². The van der Waals surface area contributed by atoms with Crippen molar-refractivity contribution in [2.45, 2.75) is 11.9 Å². The quantitative estimate of drug-likeness (QED) is 0.585. The lowest BCUT2D eigenvalue weighted by molar-refractivity contribution is 0.758. The van der Waals surface area contributed by atoms with Crippen LogP contribution in [0, 0.1) is 17.2 Å². The van der Waals surface area contributed by atoms with Crippen molar-refractivity contribution in [3.63, 3.8) is 0 Å². The number of hydrogen-bond acceptors (Lipinski definition) is 3. The van der Waals surface area contributed by atoms with E-state index in [1.54, 1.807) is 17.8 Å². The average molecular weight is 227 g/mol. The Hall–Kier alpha value is -0.720. The van der Waals surface area contributed by atoms with Crippen LogP contribution in [0.3, 0.4) is 0 Å². The van der Waals surface area contributed by atoms with E-state index in [0.29, 0.717) is 17.5 Å². The number of rotatable bonds is 4. The standard InChI is InChI=1S/C10H11ClN2S/c1-8(5-11)7-14-10-4-2-3-9(6-12)13-10/h2-4,8H,5,7H2,1H3. The fourth-order valence-electron chi connectivity index (χ4n) is 0.830. The van der Waals surface area contributed by atoms with Crippen molar-refractivity contribution in [3.8, 4) is 6.07 Å². The van der Waals surface area contributed by atoms with E-state index >= 15 is 0 Å². The van der Waals surface area contributed by atoms with Gasteiger partial charge < -0.3 is 0 Å². The molecule has 0 saturated carbocycles. The van der Waals surface area contributed by atoms with Crippen LogP contribution < -0.4 is 0 Å². The van der Waals surface area contributed by atoms with Gasteiger partial charge in [0.25, 0.3) is 0 Å². The number of halogens is 1. The Labute approximate surface area is 93.3 Å². The smallest absolute Gasteiger partial charge is 0.141 e. The normalized spacial score (nSPS) is 12.1. The third kappa shape index (κ3) is 3.57. The van der Waals surface area contributed by atoms with Crippen molar-refractivity contribution >= 4 is 23.4 Å². The lowest BCUT2D eigenvalue weighted by atomic mass is 10.3. The van der Waals surface area contributed by atoms with Gasteiger partial charge in [-0.3, -0.25) is 0 Å². The SMILES string of the molecule is CC(CCl)CSc1cccc(C#N)n1. The van der Waals surface area contributed by atoms with Gasteiger partial charge in [-0.15, -0.1) is 23.4 Å². The molecule has 0 spiro atoms. The van der Waals surface area contributed by atoms with E-state index < -0.39 is 0 Å². The molecule has 0 aliphatic rings. The van der Waals surface area contributed by atoms with Gasteiger partial charge in [-0.05, 0) is 18.1 Å². The van der Waals surface area contributed by atoms with Crippen LogP contribution in [0.5, 0.6) is 0 Å². The van der Waals surface area contributed by atoms with Crippen molar-refractivity contribution in [1.82, 2.24) is 4.98 Å². The molecule has 1 heterocycles. The summed E-state index contributed by atoms with van der Waals surface area (Å²) >= 11 is 7.33. The second-order valence-corrected chi connectivity index (χ2v) is 4.39. The minimum Gasteiger partial charge on any atom is -0.231 e. The Bertz CT molecular complexity index is 335. The molecule has 4 heteroatoms. The van der Waals surface area contributed by atoms with Gasteiger partial charge in [-0.25, -0.2) is 4.98 Å². The van der Waals surface area contributed by atoms with Crippen LogP contribution in [0.15, 0.2) is 23.2 Å². The van der Waals surface area contributed by atoms with E-state index in [4.69, 9.17) is 16.9 Å². The highest BCUT2D eigenvalue weighted by atomic mass is 35.5.